The first-order valence-electron chi connectivity index (χ1n) is 6.51. The zero-order valence-electron chi connectivity index (χ0n) is 11.6. The van der Waals surface area contributed by atoms with Crippen molar-refractivity contribution in [2.45, 2.75) is 53.2 Å². The van der Waals surface area contributed by atoms with E-state index >= 15 is 0 Å². The van der Waals surface area contributed by atoms with Crippen LogP contribution in [0.4, 0.5) is 0 Å². The Morgan fingerprint density at radius 3 is 2.61 bits per heavy atom. The highest BCUT2D eigenvalue weighted by atomic mass is 16.4. The molecule has 102 valence electrons. The van der Waals surface area contributed by atoms with Crippen molar-refractivity contribution in [3.8, 4) is 0 Å². The minimum absolute atomic E-state index is 0.0612. The molecule has 1 atom stereocenters. The maximum Gasteiger partial charge on any atom is 0.320 e. The first-order valence-corrected chi connectivity index (χ1v) is 6.51. The van der Waals surface area contributed by atoms with Crippen molar-refractivity contribution in [3.05, 3.63) is 17.5 Å². The highest BCUT2D eigenvalue weighted by Gasteiger charge is 2.21. The number of hydrogen-bond donors (Lipinski definition) is 2. The monoisotopic (exact) mass is 253 g/mol. The molecule has 0 aliphatic heterocycles. The first kappa shape index (κ1) is 14.7. The molecule has 0 fully saturated rings. The van der Waals surface area contributed by atoms with Gasteiger partial charge < -0.3 is 5.11 Å². The standard InChI is InChI=1S/C13H23N3O2/c1-5-10-7-11(16(6-2)15-10)8-14-12(9(3)4)13(17)18/h7,9,12,14H,5-6,8H2,1-4H3,(H,17,18). The number of nitrogens with one attached hydrogen (secondary N) is 1. The number of aromatic nitrogens is 2. The van der Waals surface area contributed by atoms with Gasteiger partial charge in [0.2, 0.25) is 0 Å². The normalized spacial score (nSPS) is 12.9. The third kappa shape index (κ3) is 3.57. The van der Waals surface area contributed by atoms with Gasteiger partial charge in [-0.3, -0.25) is 14.8 Å². The van der Waals surface area contributed by atoms with Crippen LogP contribution in [0.25, 0.3) is 0 Å². The molecule has 1 heterocycles. The fraction of sp³-hybridized carbons (Fsp3) is 0.692. The van der Waals surface area contributed by atoms with E-state index in [1.54, 1.807) is 0 Å². The maximum absolute atomic E-state index is 11.1. The largest absolute Gasteiger partial charge is 0.480 e. The summed E-state index contributed by atoms with van der Waals surface area (Å²) in [6.07, 6.45) is 0.895. The lowest BCUT2D eigenvalue weighted by Crippen LogP contribution is -2.40. The molecule has 0 aliphatic carbocycles. The lowest BCUT2D eigenvalue weighted by atomic mass is 10.0. The van der Waals surface area contributed by atoms with Gasteiger partial charge in [-0.05, 0) is 25.3 Å². The van der Waals surface area contributed by atoms with Crippen molar-refractivity contribution in [1.82, 2.24) is 15.1 Å². The lowest BCUT2D eigenvalue weighted by Gasteiger charge is -2.18. The molecule has 0 amide bonds. The van der Waals surface area contributed by atoms with Gasteiger partial charge in [-0.2, -0.15) is 5.10 Å². The fourth-order valence-electron chi connectivity index (χ4n) is 1.93. The Morgan fingerprint density at radius 2 is 2.17 bits per heavy atom. The molecule has 1 aromatic heterocycles. The van der Waals surface area contributed by atoms with E-state index in [1.165, 1.54) is 0 Å². The molecule has 0 aromatic carbocycles. The summed E-state index contributed by atoms with van der Waals surface area (Å²) in [5.74, 6) is -0.741. The van der Waals surface area contributed by atoms with E-state index in [2.05, 4.69) is 17.3 Å². The number of carbonyl (C=O) groups is 1. The van der Waals surface area contributed by atoms with Crippen LogP contribution in [0, 0.1) is 5.92 Å². The van der Waals surface area contributed by atoms with Crippen LogP contribution in [0.2, 0.25) is 0 Å². The molecule has 18 heavy (non-hydrogen) atoms. The molecule has 1 aromatic rings. The molecule has 5 nitrogen and oxygen atoms in total. The van der Waals surface area contributed by atoms with E-state index in [0.29, 0.717) is 6.54 Å². The molecular formula is C13H23N3O2. The number of carboxylic acid groups (broad SMARTS) is 1. The predicted molar refractivity (Wildman–Crippen MR) is 70.4 cm³/mol. The van der Waals surface area contributed by atoms with Gasteiger partial charge in [0, 0.05) is 13.1 Å². The number of carboxylic acids is 1. The second-order valence-electron chi connectivity index (χ2n) is 4.74. The average Bonchev–Trinajstić information content (AvgIpc) is 2.71. The number of hydrogen-bond acceptors (Lipinski definition) is 3. The van der Waals surface area contributed by atoms with Crippen LogP contribution in [-0.4, -0.2) is 26.9 Å². The molecule has 2 N–H and O–H groups in total. The molecule has 1 rings (SSSR count). The first-order chi connectivity index (χ1) is 8.49. The molecule has 0 saturated heterocycles. The van der Waals surface area contributed by atoms with E-state index < -0.39 is 12.0 Å². The molecular weight excluding hydrogens is 230 g/mol. The number of rotatable bonds is 7. The minimum atomic E-state index is -0.803. The second-order valence-corrected chi connectivity index (χ2v) is 4.74. The van der Waals surface area contributed by atoms with Crippen LogP contribution in [0.1, 0.15) is 39.1 Å². The van der Waals surface area contributed by atoms with Crippen LogP contribution in [-0.2, 0) is 24.3 Å². The van der Waals surface area contributed by atoms with Crippen molar-refractivity contribution >= 4 is 5.97 Å². The SMILES string of the molecule is CCc1cc(CNC(C(=O)O)C(C)C)n(CC)n1. The molecule has 0 radical (unpaired) electrons. The van der Waals surface area contributed by atoms with E-state index in [9.17, 15) is 4.79 Å². The predicted octanol–water partition coefficient (Wildman–Crippen LogP) is 1.66. The minimum Gasteiger partial charge on any atom is -0.480 e. The highest BCUT2D eigenvalue weighted by molar-refractivity contribution is 5.73. The average molecular weight is 253 g/mol. The van der Waals surface area contributed by atoms with E-state index in [4.69, 9.17) is 5.11 Å². The van der Waals surface area contributed by atoms with Crippen LogP contribution in [0.5, 0.6) is 0 Å². The number of aliphatic carboxylic acids is 1. The van der Waals surface area contributed by atoms with Gasteiger partial charge >= 0.3 is 5.97 Å². The second kappa shape index (κ2) is 6.54. The molecule has 0 saturated carbocycles. The van der Waals surface area contributed by atoms with Crippen LogP contribution < -0.4 is 5.32 Å². The summed E-state index contributed by atoms with van der Waals surface area (Å²) in [4.78, 5) is 11.1. The van der Waals surface area contributed by atoms with E-state index in [-0.39, 0.29) is 5.92 Å². The zero-order chi connectivity index (χ0) is 13.7. The van der Waals surface area contributed by atoms with Crippen LogP contribution in [0.15, 0.2) is 6.07 Å². The van der Waals surface area contributed by atoms with Gasteiger partial charge in [-0.15, -0.1) is 0 Å². The van der Waals surface area contributed by atoms with Gasteiger partial charge in [0.15, 0.2) is 0 Å². The summed E-state index contributed by atoms with van der Waals surface area (Å²) >= 11 is 0. The van der Waals surface area contributed by atoms with Gasteiger partial charge in [0.1, 0.15) is 6.04 Å². The van der Waals surface area contributed by atoms with Gasteiger partial charge in [0.05, 0.1) is 11.4 Å². The highest BCUT2D eigenvalue weighted by Crippen LogP contribution is 2.08. The Kier molecular flexibility index (Phi) is 5.34. The van der Waals surface area contributed by atoms with Crippen LogP contribution >= 0.6 is 0 Å². The summed E-state index contributed by atoms with van der Waals surface area (Å²) < 4.78 is 1.92. The summed E-state index contributed by atoms with van der Waals surface area (Å²) in [6, 6.07) is 1.52. The fourth-order valence-corrected chi connectivity index (χ4v) is 1.93. The van der Waals surface area contributed by atoms with Crippen molar-refractivity contribution < 1.29 is 9.90 Å². The zero-order valence-corrected chi connectivity index (χ0v) is 11.6. The summed E-state index contributed by atoms with van der Waals surface area (Å²) in [6.45, 7) is 9.24. The molecule has 0 bridgehead atoms. The quantitative estimate of drug-likeness (QED) is 0.775. The summed E-state index contributed by atoms with van der Waals surface area (Å²) in [5, 5.41) is 16.6. The third-order valence-electron chi connectivity index (χ3n) is 3.01. The Labute approximate surface area is 108 Å². The van der Waals surface area contributed by atoms with E-state index in [1.807, 2.05) is 31.5 Å². The summed E-state index contributed by atoms with van der Waals surface area (Å²) in [5.41, 5.74) is 2.09. The third-order valence-corrected chi connectivity index (χ3v) is 3.01. The van der Waals surface area contributed by atoms with E-state index in [0.717, 1.165) is 24.4 Å². The van der Waals surface area contributed by atoms with Crippen molar-refractivity contribution in [2.75, 3.05) is 0 Å². The van der Waals surface area contributed by atoms with Crippen molar-refractivity contribution in [3.63, 3.8) is 0 Å². The topological polar surface area (TPSA) is 67.2 Å². The number of aryl methyl sites for hydroxylation is 2. The van der Waals surface area contributed by atoms with Gasteiger partial charge in [-0.1, -0.05) is 20.8 Å². The molecule has 5 heteroatoms. The molecule has 1 unspecified atom stereocenters. The number of nitrogens with zero attached hydrogens (tertiary/aromatic N) is 2. The Morgan fingerprint density at radius 1 is 1.50 bits per heavy atom. The molecule has 0 aliphatic rings. The van der Waals surface area contributed by atoms with Crippen LogP contribution in [0.3, 0.4) is 0 Å². The molecule has 0 spiro atoms. The Hall–Kier alpha value is -1.36. The Balaban J connectivity index is 2.72. The van der Waals surface area contributed by atoms with Gasteiger partial charge in [0.25, 0.3) is 0 Å². The Bertz CT molecular complexity index is 399. The lowest BCUT2D eigenvalue weighted by molar-refractivity contribution is -0.140. The van der Waals surface area contributed by atoms with Gasteiger partial charge in [-0.25, -0.2) is 0 Å². The smallest absolute Gasteiger partial charge is 0.320 e. The van der Waals surface area contributed by atoms with Crippen molar-refractivity contribution in [2.24, 2.45) is 5.92 Å². The summed E-state index contributed by atoms with van der Waals surface area (Å²) in [7, 11) is 0. The van der Waals surface area contributed by atoms with Crippen molar-refractivity contribution in [1.29, 1.82) is 0 Å². The maximum atomic E-state index is 11.1.